The van der Waals surface area contributed by atoms with Crippen molar-refractivity contribution in [2.24, 2.45) is 18.7 Å². The van der Waals surface area contributed by atoms with Gasteiger partial charge in [-0.2, -0.15) is 4.31 Å². The molecule has 0 unspecified atom stereocenters. The van der Waals surface area contributed by atoms with Gasteiger partial charge >= 0.3 is 0 Å². The largest absolute Gasteiger partial charge is 0.364 e. The van der Waals surface area contributed by atoms with E-state index in [2.05, 4.69) is 20.8 Å². The second-order valence-corrected chi connectivity index (χ2v) is 10.9. The summed E-state index contributed by atoms with van der Waals surface area (Å²) in [5, 5.41) is 14.9. The van der Waals surface area contributed by atoms with E-state index in [0.717, 1.165) is 18.4 Å². The fourth-order valence-electron chi connectivity index (χ4n) is 4.32. The first kappa shape index (κ1) is 23.2. The van der Waals surface area contributed by atoms with Crippen LogP contribution < -0.4 is 11.1 Å². The predicted molar refractivity (Wildman–Crippen MR) is 126 cm³/mol. The molecule has 184 valence electrons. The van der Waals surface area contributed by atoms with E-state index >= 15 is 0 Å². The molecule has 3 heterocycles. The predicted octanol–water partition coefficient (Wildman–Crippen LogP) is 1.15. The molecule has 2 aromatic heterocycles. The van der Waals surface area contributed by atoms with Crippen LogP contribution in [0.3, 0.4) is 0 Å². The minimum absolute atomic E-state index is 0.0181. The van der Waals surface area contributed by atoms with E-state index < -0.39 is 15.9 Å². The number of aryl methyl sites for hydroxylation is 1. The molecule has 35 heavy (non-hydrogen) atoms. The first-order chi connectivity index (χ1) is 16.7. The van der Waals surface area contributed by atoms with Crippen LogP contribution in [0.1, 0.15) is 42.2 Å². The minimum atomic E-state index is -3.78. The van der Waals surface area contributed by atoms with E-state index in [1.807, 2.05) is 28.9 Å². The van der Waals surface area contributed by atoms with Crippen molar-refractivity contribution in [1.82, 2.24) is 29.1 Å². The number of carbonyl (C=O) groups is 2. The average molecular weight is 499 g/mol. The van der Waals surface area contributed by atoms with Gasteiger partial charge in [0.25, 0.3) is 5.91 Å². The zero-order valence-corrected chi connectivity index (χ0v) is 20.0. The fourth-order valence-corrected chi connectivity index (χ4v) is 5.86. The Hall–Kier alpha value is -3.58. The van der Waals surface area contributed by atoms with Crippen LogP contribution in [0.4, 0.5) is 5.69 Å². The van der Waals surface area contributed by atoms with Crippen LogP contribution >= 0.6 is 0 Å². The number of amides is 2. The molecule has 1 aromatic carbocycles. The van der Waals surface area contributed by atoms with Crippen LogP contribution in [0.25, 0.3) is 11.4 Å². The van der Waals surface area contributed by atoms with Crippen molar-refractivity contribution in [3.63, 3.8) is 0 Å². The van der Waals surface area contributed by atoms with Crippen LogP contribution in [0.15, 0.2) is 41.4 Å². The number of aromatic nitrogens is 5. The maximum Gasteiger partial charge on any atom is 0.265 e. The number of nitrogens with two attached hydrogens (primary N) is 1. The van der Waals surface area contributed by atoms with Gasteiger partial charge in [-0.25, -0.2) is 13.1 Å². The molecule has 0 radical (unpaired) electrons. The number of carbonyl (C=O) groups excluding carboxylic acids is 2. The van der Waals surface area contributed by atoms with Gasteiger partial charge < -0.3 is 15.6 Å². The van der Waals surface area contributed by atoms with Crippen LogP contribution in [-0.4, -0.2) is 62.4 Å². The molecule has 0 bridgehead atoms. The first-order valence-electron chi connectivity index (χ1n) is 11.4. The Morgan fingerprint density at radius 1 is 1.09 bits per heavy atom. The molecule has 0 spiro atoms. The molecule has 3 N–H and O–H groups in total. The molecule has 2 amide bonds. The number of nitrogens with one attached hydrogen (secondary N) is 1. The average Bonchev–Trinajstić information content (AvgIpc) is 3.42. The number of benzene rings is 1. The van der Waals surface area contributed by atoms with Gasteiger partial charge in [0, 0.05) is 43.5 Å². The molecule has 1 saturated heterocycles. The maximum absolute atomic E-state index is 13.0. The van der Waals surface area contributed by atoms with Gasteiger partial charge in [-0.3, -0.25) is 9.59 Å². The molecule has 1 aliphatic carbocycles. The summed E-state index contributed by atoms with van der Waals surface area (Å²) in [7, 11) is -2.22. The number of rotatable bonds is 7. The SMILES string of the molecule is Cn1cc(S(=O)(=O)N2CCC(C(=O)Nc3ccc(-c4nnnn4C4CC4)cc3)CC2)cc1C(N)=O. The lowest BCUT2D eigenvalue weighted by Crippen LogP contribution is -2.41. The normalized spacial score (nSPS) is 17.4. The van der Waals surface area contributed by atoms with Crippen molar-refractivity contribution in [3.8, 4) is 11.4 Å². The second kappa shape index (κ2) is 8.89. The number of nitrogens with zero attached hydrogens (tertiary/aromatic N) is 6. The monoisotopic (exact) mass is 498 g/mol. The summed E-state index contributed by atoms with van der Waals surface area (Å²) >= 11 is 0. The molecule has 2 fully saturated rings. The molecule has 3 aromatic rings. The Bertz CT molecular complexity index is 1370. The molecular weight excluding hydrogens is 472 g/mol. The molecule has 1 aliphatic heterocycles. The highest BCUT2D eigenvalue weighted by Crippen LogP contribution is 2.36. The van der Waals surface area contributed by atoms with Crippen LogP contribution in [0.2, 0.25) is 0 Å². The molecule has 0 atom stereocenters. The van der Waals surface area contributed by atoms with E-state index in [9.17, 15) is 18.0 Å². The molecule has 1 saturated carbocycles. The topological polar surface area (TPSA) is 158 Å². The van der Waals surface area contributed by atoms with Crippen LogP contribution in [0.5, 0.6) is 0 Å². The Labute approximate surface area is 202 Å². The quantitative estimate of drug-likeness (QED) is 0.494. The maximum atomic E-state index is 13.0. The molecule has 2 aliphatic rings. The summed E-state index contributed by atoms with van der Waals surface area (Å²) < 4.78 is 30.5. The van der Waals surface area contributed by atoms with Crippen molar-refractivity contribution in [3.05, 3.63) is 42.2 Å². The van der Waals surface area contributed by atoms with E-state index in [4.69, 9.17) is 5.73 Å². The van der Waals surface area contributed by atoms with Crippen molar-refractivity contribution in [2.75, 3.05) is 18.4 Å². The van der Waals surface area contributed by atoms with Gasteiger partial charge in [-0.05, 0) is 66.4 Å². The third-order valence-electron chi connectivity index (χ3n) is 6.49. The Morgan fingerprint density at radius 2 is 1.77 bits per heavy atom. The summed E-state index contributed by atoms with van der Waals surface area (Å²) in [6.07, 6.45) is 4.32. The molecule has 13 heteroatoms. The van der Waals surface area contributed by atoms with Crippen molar-refractivity contribution >= 4 is 27.5 Å². The van der Waals surface area contributed by atoms with Gasteiger partial charge in [0.15, 0.2) is 5.82 Å². The van der Waals surface area contributed by atoms with E-state index in [1.54, 1.807) is 7.05 Å². The summed E-state index contributed by atoms with van der Waals surface area (Å²) in [5.74, 6) is -0.437. The number of hydrogen-bond donors (Lipinski definition) is 2. The zero-order valence-electron chi connectivity index (χ0n) is 19.2. The fraction of sp³-hybridized carbons (Fsp3) is 0.409. The highest BCUT2D eigenvalue weighted by Gasteiger charge is 2.33. The summed E-state index contributed by atoms with van der Waals surface area (Å²) in [5.41, 5.74) is 6.94. The Morgan fingerprint density at radius 3 is 2.37 bits per heavy atom. The smallest absolute Gasteiger partial charge is 0.265 e. The van der Waals surface area contributed by atoms with Crippen molar-refractivity contribution in [1.29, 1.82) is 0 Å². The van der Waals surface area contributed by atoms with Gasteiger partial charge in [0.2, 0.25) is 15.9 Å². The van der Waals surface area contributed by atoms with Gasteiger partial charge in [0.05, 0.1) is 6.04 Å². The van der Waals surface area contributed by atoms with Crippen molar-refractivity contribution < 1.29 is 18.0 Å². The zero-order chi connectivity index (χ0) is 24.7. The van der Waals surface area contributed by atoms with E-state index in [0.29, 0.717) is 30.4 Å². The Kier molecular flexibility index (Phi) is 5.89. The summed E-state index contributed by atoms with van der Waals surface area (Å²) in [6, 6.07) is 9.00. The number of piperidine rings is 1. The number of anilines is 1. The first-order valence-corrected chi connectivity index (χ1v) is 12.8. The second-order valence-electron chi connectivity index (χ2n) is 8.96. The lowest BCUT2D eigenvalue weighted by atomic mass is 9.97. The number of primary amides is 1. The van der Waals surface area contributed by atoms with Gasteiger partial charge in [0.1, 0.15) is 10.6 Å². The minimum Gasteiger partial charge on any atom is -0.364 e. The summed E-state index contributed by atoms with van der Waals surface area (Å²) in [4.78, 5) is 24.3. The number of hydrogen-bond acceptors (Lipinski definition) is 7. The number of sulfonamides is 1. The third-order valence-corrected chi connectivity index (χ3v) is 8.35. The molecule has 12 nitrogen and oxygen atoms in total. The lowest BCUT2D eigenvalue weighted by molar-refractivity contribution is -0.120. The lowest BCUT2D eigenvalue weighted by Gasteiger charge is -2.30. The van der Waals surface area contributed by atoms with Crippen LogP contribution in [0, 0.1) is 5.92 Å². The van der Waals surface area contributed by atoms with Gasteiger partial charge in [-0.15, -0.1) is 5.10 Å². The van der Waals surface area contributed by atoms with Gasteiger partial charge in [-0.1, -0.05) is 0 Å². The molecule has 5 rings (SSSR count). The van der Waals surface area contributed by atoms with Crippen LogP contribution in [-0.2, 0) is 21.9 Å². The van der Waals surface area contributed by atoms with E-state index in [-0.39, 0.29) is 35.5 Å². The van der Waals surface area contributed by atoms with Crippen molar-refractivity contribution in [2.45, 2.75) is 36.6 Å². The third kappa shape index (κ3) is 4.56. The van der Waals surface area contributed by atoms with E-state index in [1.165, 1.54) is 21.1 Å². The highest BCUT2D eigenvalue weighted by atomic mass is 32.2. The Balaban J connectivity index is 1.19. The number of tetrazole rings is 1. The standard InChI is InChI=1S/C22H26N8O4S/c1-28-13-18(12-19(28)20(23)31)35(33,34)29-10-8-15(9-11-29)22(32)24-16-4-2-14(3-5-16)21-25-26-27-30(21)17-6-7-17/h2-5,12-13,15,17H,6-11H2,1H3,(H2,23,31)(H,24,32). The highest BCUT2D eigenvalue weighted by molar-refractivity contribution is 7.89. The molecular formula is C22H26N8O4S. The summed E-state index contributed by atoms with van der Waals surface area (Å²) in [6.45, 7) is 0.425.